The van der Waals surface area contributed by atoms with Crippen LogP contribution in [0.25, 0.3) is 32.3 Å². The van der Waals surface area contributed by atoms with Crippen LogP contribution in [0.2, 0.25) is 0 Å². The standard InChI is InChI=1S/C26H28O2.C2H6/c1-3-5-15-27-21-11-7-19-9-14-24-23(25(19)17-21)13-10-20-8-12-22(18-26(20)24)28-16-6-4-2;1-2/h7-14,17-18H,3-6,15-16H2,1-2H3;1-2H3. The van der Waals surface area contributed by atoms with Crippen molar-refractivity contribution in [2.75, 3.05) is 13.2 Å². The van der Waals surface area contributed by atoms with Gasteiger partial charge in [0.1, 0.15) is 11.5 Å². The van der Waals surface area contributed by atoms with E-state index >= 15 is 0 Å². The third kappa shape index (κ3) is 4.87. The SMILES string of the molecule is CC.CCCCOc1ccc2ccc3c4cc(OCCCC)ccc4ccc3c2c1. The zero-order valence-electron chi connectivity index (χ0n) is 18.8. The summed E-state index contributed by atoms with van der Waals surface area (Å²) in [5, 5.41) is 7.49. The first-order chi connectivity index (χ1) is 14.8. The predicted molar refractivity (Wildman–Crippen MR) is 131 cm³/mol. The minimum absolute atomic E-state index is 0.772. The lowest BCUT2D eigenvalue weighted by Gasteiger charge is -2.12. The molecule has 0 aliphatic carbocycles. The Morgan fingerprint density at radius 2 is 0.933 bits per heavy atom. The van der Waals surface area contributed by atoms with Crippen LogP contribution in [0, 0.1) is 0 Å². The lowest BCUT2D eigenvalue weighted by Crippen LogP contribution is -1.96. The van der Waals surface area contributed by atoms with Crippen LogP contribution in [0.15, 0.2) is 60.7 Å². The van der Waals surface area contributed by atoms with Crippen molar-refractivity contribution in [1.82, 2.24) is 0 Å². The normalized spacial score (nSPS) is 10.8. The topological polar surface area (TPSA) is 18.5 Å². The Hall–Kier alpha value is -2.74. The van der Waals surface area contributed by atoms with Crippen molar-refractivity contribution in [1.29, 1.82) is 0 Å². The molecule has 0 saturated heterocycles. The molecule has 0 bridgehead atoms. The molecule has 0 spiro atoms. The molecule has 0 aliphatic heterocycles. The average Bonchev–Trinajstić information content (AvgIpc) is 2.80. The van der Waals surface area contributed by atoms with E-state index in [1.165, 1.54) is 32.3 Å². The molecular weight excluding hydrogens is 368 g/mol. The molecule has 4 rings (SSSR count). The van der Waals surface area contributed by atoms with E-state index in [0.29, 0.717) is 0 Å². The molecule has 2 heteroatoms. The van der Waals surface area contributed by atoms with Crippen LogP contribution >= 0.6 is 0 Å². The highest BCUT2D eigenvalue weighted by Crippen LogP contribution is 2.34. The third-order valence-electron chi connectivity index (χ3n) is 5.31. The molecular formula is C28H34O2. The summed E-state index contributed by atoms with van der Waals surface area (Å²) in [6.07, 6.45) is 4.45. The van der Waals surface area contributed by atoms with E-state index in [-0.39, 0.29) is 0 Å². The lowest BCUT2D eigenvalue weighted by atomic mass is 9.97. The molecule has 2 nitrogen and oxygen atoms in total. The van der Waals surface area contributed by atoms with Crippen molar-refractivity contribution < 1.29 is 9.47 Å². The first-order valence-electron chi connectivity index (χ1n) is 11.4. The molecule has 0 N–H and O–H groups in total. The van der Waals surface area contributed by atoms with Crippen molar-refractivity contribution in [2.45, 2.75) is 53.4 Å². The second-order valence-electron chi connectivity index (χ2n) is 7.40. The maximum absolute atomic E-state index is 5.94. The monoisotopic (exact) mass is 402 g/mol. The minimum Gasteiger partial charge on any atom is -0.494 e. The molecule has 0 atom stereocenters. The van der Waals surface area contributed by atoms with Crippen molar-refractivity contribution in [3.63, 3.8) is 0 Å². The fourth-order valence-electron chi connectivity index (χ4n) is 3.67. The molecule has 0 heterocycles. The first-order valence-corrected chi connectivity index (χ1v) is 11.4. The van der Waals surface area contributed by atoms with Gasteiger partial charge in [-0.2, -0.15) is 0 Å². The van der Waals surface area contributed by atoms with E-state index in [0.717, 1.165) is 50.4 Å². The highest BCUT2D eigenvalue weighted by Gasteiger charge is 2.07. The second kappa shape index (κ2) is 10.9. The summed E-state index contributed by atoms with van der Waals surface area (Å²) < 4.78 is 11.9. The summed E-state index contributed by atoms with van der Waals surface area (Å²) in [4.78, 5) is 0. The van der Waals surface area contributed by atoms with Crippen molar-refractivity contribution in [3.05, 3.63) is 60.7 Å². The summed E-state index contributed by atoms with van der Waals surface area (Å²) in [7, 11) is 0. The van der Waals surface area contributed by atoms with Crippen LogP contribution in [0.3, 0.4) is 0 Å². The smallest absolute Gasteiger partial charge is 0.119 e. The maximum Gasteiger partial charge on any atom is 0.119 e. The number of fused-ring (bicyclic) bond motifs is 5. The molecule has 0 aliphatic rings. The zero-order chi connectivity index (χ0) is 21.3. The fraction of sp³-hybridized carbons (Fsp3) is 0.357. The number of ether oxygens (including phenoxy) is 2. The lowest BCUT2D eigenvalue weighted by molar-refractivity contribution is 0.309. The van der Waals surface area contributed by atoms with Gasteiger partial charge in [-0.05, 0) is 69.4 Å². The first kappa shape index (κ1) is 22.0. The Kier molecular flexibility index (Phi) is 7.96. The molecule has 0 unspecified atom stereocenters. The quantitative estimate of drug-likeness (QED) is 0.217. The maximum atomic E-state index is 5.94. The molecule has 0 aromatic heterocycles. The zero-order valence-corrected chi connectivity index (χ0v) is 18.8. The van der Waals surface area contributed by atoms with Crippen LogP contribution in [0.4, 0.5) is 0 Å². The van der Waals surface area contributed by atoms with Gasteiger partial charge < -0.3 is 9.47 Å². The van der Waals surface area contributed by atoms with Gasteiger partial charge in [0.2, 0.25) is 0 Å². The van der Waals surface area contributed by atoms with Gasteiger partial charge in [-0.3, -0.25) is 0 Å². The van der Waals surface area contributed by atoms with Crippen LogP contribution in [0.5, 0.6) is 11.5 Å². The van der Waals surface area contributed by atoms with Crippen molar-refractivity contribution >= 4 is 32.3 Å². The van der Waals surface area contributed by atoms with Gasteiger partial charge in [0.05, 0.1) is 13.2 Å². The number of benzene rings is 4. The molecule has 0 radical (unpaired) electrons. The summed E-state index contributed by atoms with van der Waals surface area (Å²) >= 11 is 0. The van der Waals surface area contributed by atoms with E-state index in [4.69, 9.17) is 9.47 Å². The Morgan fingerprint density at radius 1 is 0.533 bits per heavy atom. The van der Waals surface area contributed by atoms with Gasteiger partial charge in [-0.15, -0.1) is 0 Å². The van der Waals surface area contributed by atoms with Gasteiger partial charge >= 0.3 is 0 Å². The number of hydrogen-bond donors (Lipinski definition) is 0. The fourth-order valence-corrected chi connectivity index (χ4v) is 3.67. The van der Waals surface area contributed by atoms with Crippen molar-refractivity contribution in [2.24, 2.45) is 0 Å². The largest absolute Gasteiger partial charge is 0.494 e. The second-order valence-corrected chi connectivity index (χ2v) is 7.40. The highest BCUT2D eigenvalue weighted by atomic mass is 16.5. The van der Waals surface area contributed by atoms with Gasteiger partial charge in [0.15, 0.2) is 0 Å². The van der Waals surface area contributed by atoms with Gasteiger partial charge in [0, 0.05) is 0 Å². The Labute approximate surface area is 180 Å². The van der Waals surface area contributed by atoms with E-state index < -0.39 is 0 Å². The summed E-state index contributed by atoms with van der Waals surface area (Å²) in [6.45, 7) is 9.91. The summed E-state index contributed by atoms with van der Waals surface area (Å²) in [5.74, 6) is 1.90. The molecule has 4 aromatic rings. The number of unbranched alkanes of at least 4 members (excludes halogenated alkanes) is 2. The molecule has 30 heavy (non-hydrogen) atoms. The van der Waals surface area contributed by atoms with Crippen LogP contribution < -0.4 is 9.47 Å². The number of hydrogen-bond acceptors (Lipinski definition) is 2. The number of rotatable bonds is 8. The van der Waals surface area contributed by atoms with Gasteiger partial charge in [-0.1, -0.05) is 76.9 Å². The molecule has 0 saturated carbocycles. The molecule has 158 valence electrons. The average molecular weight is 403 g/mol. The third-order valence-corrected chi connectivity index (χ3v) is 5.31. The minimum atomic E-state index is 0.772. The summed E-state index contributed by atoms with van der Waals surface area (Å²) in [6, 6.07) is 21.7. The molecule has 4 aromatic carbocycles. The molecule has 0 amide bonds. The van der Waals surface area contributed by atoms with Crippen LogP contribution in [0.1, 0.15) is 53.4 Å². The Bertz CT molecular complexity index is 1010. The Balaban J connectivity index is 0.00000124. The molecule has 0 fully saturated rings. The van der Waals surface area contributed by atoms with Gasteiger partial charge in [-0.25, -0.2) is 0 Å². The van der Waals surface area contributed by atoms with Crippen molar-refractivity contribution in [3.8, 4) is 11.5 Å². The van der Waals surface area contributed by atoms with E-state index in [1.807, 2.05) is 13.8 Å². The summed E-state index contributed by atoms with van der Waals surface area (Å²) in [5.41, 5.74) is 0. The van der Waals surface area contributed by atoms with E-state index in [9.17, 15) is 0 Å². The van der Waals surface area contributed by atoms with Gasteiger partial charge in [0.25, 0.3) is 0 Å². The van der Waals surface area contributed by atoms with Crippen LogP contribution in [-0.2, 0) is 0 Å². The van der Waals surface area contributed by atoms with Crippen LogP contribution in [-0.4, -0.2) is 13.2 Å². The Morgan fingerprint density at radius 3 is 1.33 bits per heavy atom. The highest BCUT2D eigenvalue weighted by molar-refractivity contribution is 6.17. The van der Waals surface area contributed by atoms with E-state index in [1.54, 1.807) is 0 Å². The predicted octanol–water partition coefficient (Wildman–Crippen LogP) is 8.53. The van der Waals surface area contributed by atoms with E-state index in [2.05, 4.69) is 74.5 Å².